The molecule has 0 amide bonds. The van der Waals surface area contributed by atoms with Gasteiger partial charge in [0, 0.05) is 17.3 Å². The average molecular weight is 272 g/mol. The summed E-state index contributed by atoms with van der Waals surface area (Å²) in [4.78, 5) is 0. The third kappa shape index (κ3) is 2.63. The van der Waals surface area contributed by atoms with Gasteiger partial charge in [0.2, 0.25) is 0 Å². The molecule has 1 aromatic carbocycles. The smallest absolute Gasteiger partial charge is 0.143 e. The summed E-state index contributed by atoms with van der Waals surface area (Å²) in [6, 6.07) is 5.73. The quantitative estimate of drug-likeness (QED) is 0.841. The molecule has 2 N–H and O–H groups in total. The van der Waals surface area contributed by atoms with Crippen molar-refractivity contribution in [3.63, 3.8) is 0 Å². The summed E-state index contributed by atoms with van der Waals surface area (Å²) in [7, 11) is 0. The largest absolute Gasteiger partial charge is 0.488 e. The lowest BCUT2D eigenvalue weighted by Gasteiger charge is -2.24. The van der Waals surface area contributed by atoms with Crippen molar-refractivity contribution in [2.24, 2.45) is 0 Å². The highest BCUT2D eigenvalue weighted by Gasteiger charge is 2.16. The van der Waals surface area contributed by atoms with Gasteiger partial charge in [-0.05, 0) is 28.1 Å². The molecule has 0 unspecified atom stereocenters. The minimum absolute atomic E-state index is 0.232. The molecular formula is C11H14BrNO2. The highest BCUT2D eigenvalue weighted by molar-refractivity contribution is 9.10. The molecule has 1 aliphatic heterocycles. The van der Waals surface area contributed by atoms with Gasteiger partial charge < -0.3 is 15.2 Å². The molecule has 4 heteroatoms. The summed E-state index contributed by atoms with van der Waals surface area (Å²) in [5.74, 6) is 0.760. The first-order chi connectivity index (χ1) is 7.27. The van der Waals surface area contributed by atoms with Crippen molar-refractivity contribution in [2.75, 3.05) is 18.9 Å². The standard InChI is InChI=1S/C11H14BrNO2/c12-9-2-1-3-10(11(9)13)15-8-4-6-14-7-5-8/h1-3,8H,4-7,13H2. The summed E-state index contributed by atoms with van der Waals surface area (Å²) in [6.45, 7) is 1.55. The molecule has 0 bridgehead atoms. The van der Waals surface area contributed by atoms with Gasteiger partial charge in [0.1, 0.15) is 11.9 Å². The number of benzene rings is 1. The van der Waals surface area contributed by atoms with Crippen LogP contribution in [0, 0.1) is 0 Å². The van der Waals surface area contributed by atoms with E-state index < -0.39 is 0 Å². The highest BCUT2D eigenvalue weighted by Crippen LogP contribution is 2.31. The van der Waals surface area contributed by atoms with Crippen molar-refractivity contribution in [1.29, 1.82) is 0 Å². The van der Waals surface area contributed by atoms with Crippen LogP contribution in [0.3, 0.4) is 0 Å². The van der Waals surface area contributed by atoms with Gasteiger partial charge >= 0.3 is 0 Å². The lowest BCUT2D eigenvalue weighted by molar-refractivity contribution is 0.0258. The molecule has 0 spiro atoms. The van der Waals surface area contributed by atoms with Gasteiger partial charge in [-0.2, -0.15) is 0 Å². The van der Waals surface area contributed by atoms with Crippen molar-refractivity contribution in [2.45, 2.75) is 18.9 Å². The van der Waals surface area contributed by atoms with E-state index in [9.17, 15) is 0 Å². The number of para-hydroxylation sites is 1. The summed E-state index contributed by atoms with van der Waals surface area (Å²) < 4.78 is 12.0. The van der Waals surface area contributed by atoms with E-state index in [1.54, 1.807) is 0 Å². The third-order valence-electron chi connectivity index (χ3n) is 2.47. The molecule has 0 aromatic heterocycles. The predicted molar refractivity (Wildman–Crippen MR) is 63.0 cm³/mol. The maximum Gasteiger partial charge on any atom is 0.143 e. The van der Waals surface area contributed by atoms with Crippen molar-refractivity contribution in [3.8, 4) is 5.75 Å². The molecule has 1 heterocycles. The number of nitrogen functional groups attached to an aromatic ring is 1. The van der Waals surface area contributed by atoms with Crippen molar-refractivity contribution >= 4 is 21.6 Å². The first-order valence-electron chi connectivity index (χ1n) is 5.06. The first-order valence-corrected chi connectivity index (χ1v) is 5.85. The number of rotatable bonds is 2. The molecule has 1 aliphatic rings. The van der Waals surface area contributed by atoms with Gasteiger partial charge in [0.05, 0.1) is 18.9 Å². The number of hydrogen-bond donors (Lipinski definition) is 1. The monoisotopic (exact) mass is 271 g/mol. The Morgan fingerprint density at radius 3 is 2.80 bits per heavy atom. The van der Waals surface area contributed by atoms with E-state index in [2.05, 4.69) is 15.9 Å². The van der Waals surface area contributed by atoms with Crippen LogP contribution in [-0.2, 0) is 4.74 Å². The highest BCUT2D eigenvalue weighted by atomic mass is 79.9. The van der Waals surface area contributed by atoms with Crippen LogP contribution in [0.1, 0.15) is 12.8 Å². The van der Waals surface area contributed by atoms with Crippen LogP contribution >= 0.6 is 15.9 Å². The fourth-order valence-corrected chi connectivity index (χ4v) is 1.94. The molecule has 82 valence electrons. The number of hydrogen-bond acceptors (Lipinski definition) is 3. The molecule has 2 rings (SSSR count). The fourth-order valence-electron chi connectivity index (χ4n) is 1.59. The summed E-state index contributed by atoms with van der Waals surface area (Å²) in [5.41, 5.74) is 6.57. The van der Waals surface area contributed by atoms with E-state index >= 15 is 0 Å². The van der Waals surface area contributed by atoms with E-state index in [4.69, 9.17) is 15.2 Å². The maximum absolute atomic E-state index is 5.90. The molecule has 1 saturated heterocycles. The summed E-state index contributed by atoms with van der Waals surface area (Å²) in [5, 5.41) is 0. The molecular weight excluding hydrogens is 258 g/mol. The van der Waals surface area contributed by atoms with Crippen molar-refractivity contribution in [1.82, 2.24) is 0 Å². The van der Waals surface area contributed by atoms with Crippen LogP contribution in [0.4, 0.5) is 5.69 Å². The topological polar surface area (TPSA) is 44.5 Å². The first kappa shape index (κ1) is 10.8. The molecule has 0 aliphatic carbocycles. The van der Waals surface area contributed by atoms with E-state index in [0.717, 1.165) is 36.3 Å². The van der Waals surface area contributed by atoms with Crippen LogP contribution in [-0.4, -0.2) is 19.3 Å². The second-order valence-corrected chi connectivity index (χ2v) is 4.44. The zero-order valence-electron chi connectivity index (χ0n) is 8.41. The predicted octanol–water partition coefficient (Wildman–Crippen LogP) is 2.59. The van der Waals surface area contributed by atoms with Crippen LogP contribution in [0.15, 0.2) is 22.7 Å². The van der Waals surface area contributed by atoms with Gasteiger partial charge in [-0.25, -0.2) is 0 Å². The zero-order valence-corrected chi connectivity index (χ0v) is 10.00. The van der Waals surface area contributed by atoms with E-state index in [-0.39, 0.29) is 6.10 Å². The molecule has 0 radical (unpaired) electrons. The Balaban J connectivity index is 2.06. The van der Waals surface area contributed by atoms with Gasteiger partial charge in [-0.1, -0.05) is 6.07 Å². The summed E-state index contributed by atoms with van der Waals surface area (Å²) in [6.07, 6.45) is 2.10. The Morgan fingerprint density at radius 2 is 2.07 bits per heavy atom. The Kier molecular flexibility index (Phi) is 3.49. The van der Waals surface area contributed by atoms with E-state index in [0.29, 0.717) is 5.69 Å². The van der Waals surface area contributed by atoms with Gasteiger partial charge in [-0.15, -0.1) is 0 Å². The van der Waals surface area contributed by atoms with Crippen molar-refractivity contribution in [3.05, 3.63) is 22.7 Å². The Hall–Kier alpha value is -0.740. The minimum Gasteiger partial charge on any atom is -0.488 e. The number of ether oxygens (including phenoxy) is 2. The van der Waals surface area contributed by atoms with Gasteiger partial charge in [0.25, 0.3) is 0 Å². The number of anilines is 1. The Morgan fingerprint density at radius 1 is 1.33 bits per heavy atom. The molecule has 0 atom stereocenters. The average Bonchev–Trinajstić information content (AvgIpc) is 2.26. The Labute approximate surface area is 97.7 Å². The normalized spacial score (nSPS) is 17.7. The third-order valence-corrected chi connectivity index (χ3v) is 3.17. The molecule has 15 heavy (non-hydrogen) atoms. The van der Waals surface area contributed by atoms with Gasteiger partial charge in [0.15, 0.2) is 0 Å². The van der Waals surface area contributed by atoms with Crippen LogP contribution < -0.4 is 10.5 Å². The number of nitrogens with two attached hydrogens (primary N) is 1. The summed E-state index contributed by atoms with van der Waals surface area (Å²) >= 11 is 3.38. The number of halogens is 1. The minimum atomic E-state index is 0.232. The van der Waals surface area contributed by atoms with Crippen LogP contribution in [0.25, 0.3) is 0 Å². The van der Waals surface area contributed by atoms with Crippen molar-refractivity contribution < 1.29 is 9.47 Å². The van der Waals surface area contributed by atoms with E-state index in [1.165, 1.54) is 0 Å². The molecule has 0 saturated carbocycles. The molecule has 1 aromatic rings. The van der Waals surface area contributed by atoms with Crippen LogP contribution in [0.2, 0.25) is 0 Å². The van der Waals surface area contributed by atoms with E-state index in [1.807, 2.05) is 18.2 Å². The fraction of sp³-hybridized carbons (Fsp3) is 0.455. The second-order valence-electron chi connectivity index (χ2n) is 3.58. The lowest BCUT2D eigenvalue weighted by atomic mass is 10.1. The maximum atomic E-state index is 5.90. The van der Waals surface area contributed by atoms with Gasteiger partial charge in [-0.3, -0.25) is 0 Å². The molecule has 3 nitrogen and oxygen atoms in total. The zero-order chi connectivity index (χ0) is 10.7. The molecule has 1 fully saturated rings. The lowest BCUT2D eigenvalue weighted by Crippen LogP contribution is -2.26. The Bertz CT molecular complexity index is 337. The second kappa shape index (κ2) is 4.86. The SMILES string of the molecule is Nc1c(Br)cccc1OC1CCOCC1. The van der Waals surface area contributed by atoms with Crippen LogP contribution in [0.5, 0.6) is 5.75 Å².